The fraction of sp³-hybridized carbons (Fsp3) is 0.464. The van der Waals surface area contributed by atoms with Crippen LogP contribution in [-0.4, -0.2) is 43.2 Å². The summed E-state index contributed by atoms with van der Waals surface area (Å²) < 4.78 is 5.47. The van der Waals surface area contributed by atoms with Gasteiger partial charge in [0, 0.05) is 43.8 Å². The van der Waals surface area contributed by atoms with Gasteiger partial charge in [-0.2, -0.15) is 0 Å². The first-order chi connectivity index (χ1) is 16.8. The van der Waals surface area contributed by atoms with Crippen LogP contribution in [0.1, 0.15) is 48.9 Å². The third-order valence-corrected chi connectivity index (χ3v) is 7.88. The first-order valence-corrected chi connectivity index (χ1v) is 13.5. The van der Waals surface area contributed by atoms with Gasteiger partial charge < -0.3 is 14.5 Å². The molecule has 0 aliphatic carbocycles. The van der Waals surface area contributed by atoms with Gasteiger partial charge in [-0.05, 0) is 74.2 Å². The van der Waals surface area contributed by atoms with Crippen LogP contribution in [0.3, 0.4) is 0 Å². The van der Waals surface area contributed by atoms with Gasteiger partial charge in [0.05, 0.1) is 12.8 Å². The molecule has 2 aromatic carbocycles. The molecule has 3 aromatic rings. The Morgan fingerprint density at radius 1 is 0.882 bits per heavy atom. The molecule has 3 heterocycles. The van der Waals surface area contributed by atoms with E-state index in [0.29, 0.717) is 0 Å². The van der Waals surface area contributed by atoms with E-state index in [1.54, 1.807) is 18.4 Å². The molecule has 2 aliphatic heterocycles. The molecule has 34 heavy (non-hydrogen) atoms. The van der Waals surface area contributed by atoms with Gasteiger partial charge in [0.1, 0.15) is 5.75 Å². The van der Waals surface area contributed by atoms with Crippen LogP contribution in [0.5, 0.6) is 5.75 Å². The summed E-state index contributed by atoms with van der Waals surface area (Å²) in [5.41, 5.74) is 5.10. The molecule has 1 aromatic heterocycles. The molecule has 2 fully saturated rings. The second-order valence-electron chi connectivity index (χ2n) is 9.53. The van der Waals surface area contributed by atoms with Crippen molar-refractivity contribution in [3.05, 3.63) is 70.7 Å². The fourth-order valence-corrected chi connectivity index (χ4v) is 5.87. The average Bonchev–Trinajstić information content (AvgIpc) is 3.58. The van der Waals surface area contributed by atoms with E-state index in [9.17, 15) is 0 Å². The Hall–Kier alpha value is -2.57. The lowest BCUT2D eigenvalue weighted by molar-refractivity contribution is 0.219. The molecule has 0 spiro atoms. The second-order valence-corrected chi connectivity index (χ2v) is 10.4. The number of nitrogens with zero attached hydrogens (tertiary/aromatic N) is 4. The highest BCUT2D eigenvalue weighted by Crippen LogP contribution is 2.28. The molecule has 5 rings (SSSR count). The highest BCUT2D eigenvalue weighted by Gasteiger charge is 2.17. The van der Waals surface area contributed by atoms with Gasteiger partial charge in [0.2, 0.25) is 0 Å². The van der Waals surface area contributed by atoms with Gasteiger partial charge in [-0.3, -0.25) is 4.90 Å². The van der Waals surface area contributed by atoms with Crippen molar-refractivity contribution in [2.45, 2.75) is 51.7 Å². The van der Waals surface area contributed by atoms with Crippen LogP contribution >= 0.6 is 11.3 Å². The normalized spacial score (nSPS) is 16.7. The number of aromatic nitrogens is 1. The summed E-state index contributed by atoms with van der Waals surface area (Å²) in [6.07, 6.45) is 6.60. The van der Waals surface area contributed by atoms with Gasteiger partial charge in [-0.15, -0.1) is 11.3 Å². The van der Waals surface area contributed by atoms with Crippen molar-refractivity contribution in [3.8, 4) is 5.75 Å². The molecule has 2 saturated heterocycles. The first kappa shape index (κ1) is 23.2. The number of rotatable bonds is 9. The zero-order chi connectivity index (χ0) is 23.2. The maximum atomic E-state index is 5.47. The summed E-state index contributed by atoms with van der Waals surface area (Å²) >= 11 is 1.77. The monoisotopic (exact) mass is 476 g/mol. The number of anilines is 2. The Labute approximate surface area is 208 Å². The van der Waals surface area contributed by atoms with Gasteiger partial charge in [-0.25, -0.2) is 4.98 Å². The summed E-state index contributed by atoms with van der Waals surface area (Å²) in [4.78, 5) is 12.5. The van der Waals surface area contributed by atoms with Gasteiger partial charge in [-0.1, -0.05) is 30.7 Å². The molecule has 0 atom stereocenters. The SMILES string of the molecule is COc1cccc(CN(Cc2ccc(N3CCCC3)cc2)c2nc(CN3CCCCC3)cs2)c1. The van der Waals surface area contributed by atoms with Crippen LogP contribution in [-0.2, 0) is 19.6 Å². The van der Waals surface area contributed by atoms with E-state index >= 15 is 0 Å². The minimum atomic E-state index is 0.807. The molecule has 6 heteroatoms. The number of hydrogen-bond acceptors (Lipinski definition) is 6. The Kier molecular flexibility index (Phi) is 7.66. The Morgan fingerprint density at radius 3 is 2.38 bits per heavy atom. The molecule has 0 saturated carbocycles. The Morgan fingerprint density at radius 2 is 1.62 bits per heavy atom. The summed E-state index contributed by atoms with van der Waals surface area (Å²) in [5.74, 6) is 0.900. The van der Waals surface area contributed by atoms with E-state index in [2.05, 4.69) is 62.5 Å². The number of methoxy groups -OCH3 is 1. The van der Waals surface area contributed by atoms with Gasteiger partial charge in [0.25, 0.3) is 0 Å². The van der Waals surface area contributed by atoms with E-state index in [4.69, 9.17) is 9.72 Å². The third-order valence-electron chi connectivity index (χ3n) is 6.93. The average molecular weight is 477 g/mol. The summed E-state index contributed by atoms with van der Waals surface area (Å²) in [6.45, 7) is 7.37. The highest BCUT2D eigenvalue weighted by atomic mass is 32.1. The predicted octanol–water partition coefficient (Wildman–Crippen LogP) is 5.94. The smallest absolute Gasteiger partial charge is 0.186 e. The molecule has 5 nitrogen and oxygen atoms in total. The minimum absolute atomic E-state index is 0.807. The zero-order valence-corrected chi connectivity index (χ0v) is 21.1. The second kappa shape index (κ2) is 11.2. The predicted molar refractivity (Wildman–Crippen MR) is 142 cm³/mol. The van der Waals surface area contributed by atoms with Gasteiger partial charge in [0.15, 0.2) is 5.13 Å². The molecule has 0 amide bonds. The number of benzene rings is 2. The van der Waals surface area contributed by atoms with Crippen LogP contribution in [0.2, 0.25) is 0 Å². The Bertz CT molecular complexity index is 1040. The summed E-state index contributed by atoms with van der Waals surface area (Å²) in [5, 5.41) is 3.34. The number of thiazole rings is 1. The summed E-state index contributed by atoms with van der Waals surface area (Å²) in [7, 11) is 1.73. The van der Waals surface area contributed by atoms with E-state index in [1.165, 1.54) is 80.8 Å². The largest absolute Gasteiger partial charge is 0.497 e. The van der Waals surface area contributed by atoms with Crippen molar-refractivity contribution in [2.75, 3.05) is 43.1 Å². The number of likely N-dealkylation sites (tertiary alicyclic amines) is 1. The molecular weight excluding hydrogens is 440 g/mol. The molecule has 2 aliphatic rings. The van der Waals surface area contributed by atoms with Crippen LogP contribution in [0.4, 0.5) is 10.8 Å². The van der Waals surface area contributed by atoms with Crippen LogP contribution in [0, 0.1) is 0 Å². The Balaban J connectivity index is 1.33. The van der Waals surface area contributed by atoms with Crippen molar-refractivity contribution in [1.29, 1.82) is 0 Å². The minimum Gasteiger partial charge on any atom is -0.497 e. The van der Waals surface area contributed by atoms with Crippen molar-refractivity contribution >= 4 is 22.2 Å². The van der Waals surface area contributed by atoms with E-state index in [-0.39, 0.29) is 0 Å². The molecule has 0 unspecified atom stereocenters. The lowest BCUT2D eigenvalue weighted by Crippen LogP contribution is -2.29. The topological polar surface area (TPSA) is 31.8 Å². The molecular formula is C28H36N4OS. The van der Waals surface area contributed by atoms with Crippen LogP contribution < -0.4 is 14.5 Å². The highest BCUT2D eigenvalue weighted by molar-refractivity contribution is 7.13. The zero-order valence-electron chi connectivity index (χ0n) is 20.3. The van der Waals surface area contributed by atoms with Crippen molar-refractivity contribution < 1.29 is 4.74 Å². The molecule has 0 N–H and O–H groups in total. The number of ether oxygens (including phenoxy) is 1. The molecule has 180 valence electrons. The lowest BCUT2D eigenvalue weighted by atomic mass is 10.1. The first-order valence-electron chi connectivity index (χ1n) is 12.7. The standard InChI is InChI=1S/C28H36N4OS/c1-33-27-9-7-8-24(18-27)20-32(19-23-10-12-26(13-11-23)31-16-5-6-17-31)28-29-25(22-34-28)21-30-14-3-2-4-15-30/h7-13,18,22H,2-6,14-17,19-21H2,1H3. The third kappa shape index (κ3) is 5.91. The summed E-state index contributed by atoms with van der Waals surface area (Å²) in [6, 6.07) is 17.5. The molecule has 0 radical (unpaired) electrons. The van der Waals surface area contributed by atoms with E-state index in [1.807, 2.05) is 6.07 Å². The maximum absolute atomic E-state index is 5.47. The van der Waals surface area contributed by atoms with Gasteiger partial charge >= 0.3 is 0 Å². The molecule has 0 bridgehead atoms. The van der Waals surface area contributed by atoms with Crippen molar-refractivity contribution in [3.63, 3.8) is 0 Å². The van der Waals surface area contributed by atoms with Crippen LogP contribution in [0.25, 0.3) is 0 Å². The van der Waals surface area contributed by atoms with E-state index in [0.717, 1.165) is 30.5 Å². The lowest BCUT2D eigenvalue weighted by Gasteiger charge is -2.25. The maximum Gasteiger partial charge on any atom is 0.186 e. The quantitative estimate of drug-likeness (QED) is 0.381. The van der Waals surface area contributed by atoms with Crippen LogP contribution in [0.15, 0.2) is 53.9 Å². The number of piperidine rings is 1. The fourth-order valence-electron chi connectivity index (χ4n) is 5.05. The number of hydrogen-bond donors (Lipinski definition) is 0. The van der Waals surface area contributed by atoms with Crippen molar-refractivity contribution in [1.82, 2.24) is 9.88 Å². The van der Waals surface area contributed by atoms with Crippen molar-refractivity contribution in [2.24, 2.45) is 0 Å². The van der Waals surface area contributed by atoms with E-state index < -0.39 is 0 Å².